The van der Waals surface area contributed by atoms with Gasteiger partial charge >= 0.3 is 0 Å². The van der Waals surface area contributed by atoms with E-state index in [1.165, 1.54) is 24.0 Å². The molecule has 1 unspecified atom stereocenters. The molecule has 6 nitrogen and oxygen atoms in total. The predicted octanol–water partition coefficient (Wildman–Crippen LogP) is 3.47. The van der Waals surface area contributed by atoms with Crippen LogP contribution in [0.15, 0.2) is 30.5 Å². The molecular weight excluding hydrogens is 350 g/mol. The fourth-order valence-electron chi connectivity index (χ4n) is 4.24. The zero-order valence-electron chi connectivity index (χ0n) is 16.9. The topological polar surface area (TPSA) is 80.1 Å². The van der Waals surface area contributed by atoms with Gasteiger partial charge in [-0.15, -0.1) is 0 Å². The third-order valence-electron chi connectivity index (χ3n) is 5.98. The first kappa shape index (κ1) is 18.9. The van der Waals surface area contributed by atoms with Gasteiger partial charge in [0.1, 0.15) is 5.82 Å². The largest absolute Gasteiger partial charge is 0.480 e. The number of nitrogens with two attached hydrogens (primary N) is 1. The molecular formula is C22H29N5O. The maximum Gasteiger partial charge on any atom is 0.224 e. The monoisotopic (exact) mass is 379 g/mol. The normalized spacial score (nSPS) is 17.1. The molecule has 3 N–H and O–H groups in total. The van der Waals surface area contributed by atoms with Gasteiger partial charge < -0.3 is 15.5 Å². The Labute approximate surface area is 166 Å². The second kappa shape index (κ2) is 7.89. The second-order valence-electron chi connectivity index (χ2n) is 7.77. The number of nitrogens with zero attached hydrogens (tertiary/aromatic N) is 3. The van der Waals surface area contributed by atoms with Crippen LogP contribution >= 0.6 is 0 Å². The van der Waals surface area contributed by atoms with Gasteiger partial charge in [0.2, 0.25) is 5.88 Å². The van der Waals surface area contributed by atoms with Crippen molar-refractivity contribution in [2.75, 3.05) is 26.7 Å². The molecule has 148 valence electrons. The second-order valence-corrected chi connectivity index (χ2v) is 7.77. The number of ether oxygens (including phenoxy) is 1. The molecule has 28 heavy (non-hydrogen) atoms. The Morgan fingerprint density at radius 1 is 1.32 bits per heavy atom. The molecule has 2 aromatic heterocycles. The summed E-state index contributed by atoms with van der Waals surface area (Å²) in [5.74, 6) is 1.97. The smallest absolute Gasteiger partial charge is 0.224 e. The van der Waals surface area contributed by atoms with Crippen molar-refractivity contribution in [2.24, 2.45) is 5.73 Å². The molecule has 1 aliphatic rings. The van der Waals surface area contributed by atoms with E-state index >= 15 is 0 Å². The number of hydrogen-bond acceptors (Lipinski definition) is 5. The number of benzene rings is 1. The van der Waals surface area contributed by atoms with Crippen molar-refractivity contribution < 1.29 is 4.74 Å². The minimum Gasteiger partial charge on any atom is -0.480 e. The Kier molecular flexibility index (Phi) is 5.33. The third kappa shape index (κ3) is 3.50. The first-order valence-corrected chi connectivity index (χ1v) is 10.0. The van der Waals surface area contributed by atoms with Crippen molar-refractivity contribution in [3.63, 3.8) is 0 Å². The van der Waals surface area contributed by atoms with Crippen LogP contribution in [0.3, 0.4) is 0 Å². The van der Waals surface area contributed by atoms with Crippen molar-refractivity contribution in [2.45, 2.75) is 38.6 Å². The maximum atomic E-state index is 5.84. The summed E-state index contributed by atoms with van der Waals surface area (Å²) < 4.78 is 5.40. The number of likely N-dealkylation sites (tertiary alicyclic amines) is 1. The Hall–Kier alpha value is -2.44. The number of aromatic amines is 1. The van der Waals surface area contributed by atoms with E-state index in [9.17, 15) is 0 Å². The van der Waals surface area contributed by atoms with Crippen LogP contribution in [-0.4, -0.2) is 52.6 Å². The molecule has 0 bridgehead atoms. The molecule has 6 heteroatoms. The average molecular weight is 380 g/mol. The summed E-state index contributed by atoms with van der Waals surface area (Å²) in [6.07, 6.45) is 4.08. The van der Waals surface area contributed by atoms with Gasteiger partial charge in [-0.3, -0.25) is 4.90 Å². The number of piperidine rings is 1. The summed E-state index contributed by atoms with van der Waals surface area (Å²) in [7, 11) is 1.63. The number of aryl methyl sites for hydroxylation is 1. The number of fused-ring (bicyclic) bond motifs is 1. The zero-order valence-corrected chi connectivity index (χ0v) is 16.9. The lowest BCUT2D eigenvalue weighted by Crippen LogP contribution is -2.43. The zero-order chi connectivity index (χ0) is 19.7. The lowest BCUT2D eigenvalue weighted by Gasteiger charge is -2.35. The number of hydrogen-bond donors (Lipinski definition) is 2. The standard InChI is InChI=1S/C22H29N5O/c1-14-11-17(16-6-9-27(10-7-16)15(2)13-23)12-19-20(14)26-21(25-19)18-5-4-8-24-22(18)28-3/h4-5,8,11-12,15-16H,6-7,9-10,13,23H2,1-3H3,(H,25,26). The van der Waals surface area contributed by atoms with Gasteiger partial charge in [0, 0.05) is 18.8 Å². The third-order valence-corrected chi connectivity index (χ3v) is 5.98. The van der Waals surface area contributed by atoms with E-state index in [-0.39, 0.29) is 0 Å². The van der Waals surface area contributed by atoms with Crippen LogP contribution in [0.5, 0.6) is 5.88 Å². The minimum absolute atomic E-state index is 0.467. The number of H-pyrrole nitrogens is 1. The molecule has 3 aromatic rings. The Balaban J connectivity index is 1.62. The van der Waals surface area contributed by atoms with Gasteiger partial charge in [-0.25, -0.2) is 9.97 Å². The average Bonchev–Trinajstić information content (AvgIpc) is 3.18. The highest BCUT2D eigenvalue weighted by atomic mass is 16.5. The molecule has 0 spiro atoms. The quantitative estimate of drug-likeness (QED) is 0.709. The van der Waals surface area contributed by atoms with Crippen molar-refractivity contribution in [1.82, 2.24) is 19.9 Å². The Morgan fingerprint density at radius 2 is 2.11 bits per heavy atom. The van der Waals surface area contributed by atoms with Crippen molar-refractivity contribution in [3.05, 3.63) is 41.6 Å². The van der Waals surface area contributed by atoms with E-state index in [1.807, 2.05) is 12.1 Å². The summed E-state index contributed by atoms with van der Waals surface area (Å²) in [4.78, 5) is 15.1. The van der Waals surface area contributed by atoms with E-state index in [2.05, 4.69) is 40.8 Å². The fraction of sp³-hybridized carbons (Fsp3) is 0.455. The molecule has 1 atom stereocenters. The van der Waals surface area contributed by atoms with Crippen LogP contribution in [0.25, 0.3) is 22.4 Å². The molecule has 0 aliphatic carbocycles. The summed E-state index contributed by atoms with van der Waals surface area (Å²) in [6, 6.07) is 8.93. The van der Waals surface area contributed by atoms with Crippen molar-refractivity contribution in [1.29, 1.82) is 0 Å². The van der Waals surface area contributed by atoms with Gasteiger partial charge in [0.25, 0.3) is 0 Å². The van der Waals surface area contributed by atoms with Gasteiger partial charge in [-0.05, 0) is 75.0 Å². The van der Waals surface area contributed by atoms with Gasteiger partial charge in [-0.1, -0.05) is 6.07 Å². The van der Waals surface area contributed by atoms with E-state index in [1.54, 1.807) is 13.3 Å². The highest BCUT2D eigenvalue weighted by molar-refractivity contribution is 5.83. The maximum absolute atomic E-state index is 5.84. The lowest BCUT2D eigenvalue weighted by molar-refractivity contribution is 0.165. The van der Waals surface area contributed by atoms with Crippen molar-refractivity contribution in [3.8, 4) is 17.3 Å². The number of aromatic nitrogens is 3. The number of nitrogens with one attached hydrogen (secondary N) is 1. The summed E-state index contributed by atoms with van der Waals surface area (Å²) in [5.41, 5.74) is 11.4. The number of pyridine rings is 1. The molecule has 0 radical (unpaired) electrons. The number of methoxy groups -OCH3 is 1. The van der Waals surface area contributed by atoms with Crippen LogP contribution in [0, 0.1) is 6.92 Å². The van der Waals surface area contributed by atoms with E-state index in [0.29, 0.717) is 17.8 Å². The van der Waals surface area contributed by atoms with Crippen LogP contribution in [0.1, 0.15) is 36.8 Å². The van der Waals surface area contributed by atoms with Crippen LogP contribution in [0.2, 0.25) is 0 Å². The molecule has 0 amide bonds. The number of imidazole rings is 1. The SMILES string of the molecule is COc1ncccc1-c1nc2c(C)cc(C3CCN(C(C)CN)CC3)cc2[nH]1. The van der Waals surface area contributed by atoms with Gasteiger partial charge in [-0.2, -0.15) is 0 Å². The summed E-state index contributed by atoms with van der Waals surface area (Å²) in [5, 5.41) is 0. The molecule has 4 rings (SSSR count). The Bertz CT molecular complexity index is 959. The molecule has 1 aromatic carbocycles. The molecule has 0 saturated carbocycles. The van der Waals surface area contributed by atoms with E-state index in [0.717, 1.165) is 42.1 Å². The molecule has 1 aliphatic heterocycles. The molecule has 1 saturated heterocycles. The minimum atomic E-state index is 0.467. The van der Waals surface area contributed by atoms with E-state index < -0.39 is 0 Å². The highest BCUT2D eigenvalue weighted by Gasteiger charge is 2.24. The number of rotatable bonds is 5. The molecule has 3 heterocycles. The van der Waals surface area contributed by atoms with Gasteiger partial charge in [0.15, 0.2) is 0 Å². The van der Waals surface area contributed by atoms with Crippen LogP contribution in [0.4, 0.5) is 0 Å². The first-order valence-electron chi connectivity index (χ1n) is 10.0. The Morgan fingerprint density at radius 3 is 2.82 bits per heavy atom. The highest BCUT2D eigenvalue weighted by Crippen LogP contribution is 2.33. The summed E-state index contributed by atoms with van der Waals surface area (Å²) in [6.45, 7) is 7.31. The van der Waals surface area contributed by atoms with Gasteiger partial charge in [0.05, 0.1) is 23.7 Å². The summed E-state index contributed by atoms with van der Waals surface area (Å²) >= 11 is 0. The van der Waals surface area contributed by atoms with E-state index in [4.69, 9.17) is 15.5 Å². The van der Waals surface area contributed by atoms with Crippen LogP contribution in [-0.2, 0) is 0 Å². The fourth-order valence-corrected chi connectivity index (χ4v) is 4.24. The van der Waals surface area contributed by atoms with Crippen LogP contribution < -0.4 is 10.5 Å². The lowest BCUT2D eigenvalue weighted by atomic mass is 9.88. The molecule has 1 fully saturated rings. The predicted molar refractivity (Wildman–Crippen MR) is 113 cm³/mol. The first-order chi connectivity index (χ1) is 13.6. The van der Waals surface area contributed by atoms with Crippen molar-refractivity contribution >= 4 is 11.0 Å².